The highest BCUT2D eigenvalue weighted by molar-refractivity contribution is 6.39. The van der Waals surface area contributed by atoms with Gasteiger partial charge in [-0.15, -0.1) is 0 Å². The number of benzene rings is 3. The first kappa shape index (κ1) is 10.9. The van der Waals surface area contributed by atoms with Crippen LogP contribution in [0.3, 0.4) is 0 Å². The highest BCUT2D eigenvalue weighted by Crippen LogP contribution is 2.46. The van der Waals surface area contributed by atoms with Crippen LogP contribution in [0.4, 0.5) is 0 Å². The first-order valence-corrected chi connectivity index (χ1v) is 6.68. The summed E-state index contributed by atoms with van der Waals surface area (Å²) in [6, 6.07) is 19.3. The minimum atomic E-state index is 0.429. The van der Waals surface area contributed by atoms with Gasteiger partial charge >= 0.3 is 0 Å². The highest BCUT2D eigenvalue weighted by atomic mass is 14.3. The van der Waals surface area contributed by atoms with Crippen molar-refractivity contribution in [1.82, 2.24) is 0 Å². The zero-order chi connectivity index (χ0) is 13.0. The second-order valence-corrected chi connectivity index (χ2v) is 5.28. The average Bonchev–Trinajstić information content (AvgIpc) is 2.73. The maximum atomic E-state index is 6.23. The van der Waals surface area contributed by atoms with E-state index in [1.807, 2.05) is 0 Å². The van der Waals surface area contributed by atoms with Gasteiger partial charge in [-0.05, 0) is 33.0 Å². The smallest absolute Gasteiger partial charge is 0.0886 e. The Bertz CT molecular complexity index is 802. The summed E-state index contributed by atoms with van der Waals surface area (Å²) < 4.78 is 0. The second-order valence-electron chi connectivity index (χ2n) is 5.28. The van der Waals surface area contributed by atoms with Crippen molar-refractivity contribution in [2.45, 2.75) is 12.8 Å². The fourth-order valence-corrected chi connectivity index (χ4v) is 3.34. The fourth-order valence-electron chi connectivity index (χ4n) is 3.34. The molecule has 0 amide bonds. The molecule has 0 saturated heterocycles. The Morgan fingerprint density at radius 2 is 1.53 bits per heavy atom. The van der Waals surface area contributed by atoms with E-state index in [0.717, 1.165) is 10.8 Å². The molecule has 0 heterocycles. The van der Waals surface area contributed by atoms with Crippen LogP contribution >= 0.6 is 0 Å². The zero-order valence-electron chi connectivity index (χ0n) is 10.9. The third-order valence-corrected chi connectivity index (χ3v) is 4.27. The molecule has 4 rings (SSSR count). The molecule has 19 heavy (non-hydrogen) atoms. The summed E-state index contributed by atoms with van der Waals surface area (Å²) in [6.45, 7) is 2.26. The van der Waals surface area contributed by atoms with Crippen LogP contribution in [0, 0.1) is 0 Å². The van der Waals surface area contributed by atoms with Crippen molar-refractivity contribution in [2.24, 2.45) is 0 Å². The zero-order valence-corrected chi connectivity index (χ0v) is 10.9. The summed E-state index contributed by atoms with van der Waals surface area (Å²) in [7, 11) is 6.23. The van der Waals surface area contributed by atoms with Gasteiger partial charge in [0.1, 0.15) is 7.85 Å². The van der Waals surface area contributed by atoms with Crippen LogP contribution in [0.25, 0.3) is 21.9 Å². The predicted octanol–water partition coefficient (Wildman–Crippen LogP) is 3.77. The lowest BCUT2D eigenvalue weighted by Crippen LogP contribution is -2.06. The van der Waals surface area contributed by atoms with E-state index < -0.39 is 0 Å². The van der Waals surface area contributed by atoms with E-state index in [-0.39, 0.29) is 0 Å². The molecule has 3 aromatic rings. The first-order chi connectivity index (χ1) is 9.27. The Morgan fingerprint density at radius 1 is 0.842 bits per heavy atom. The number of hydrogen-bond donors (Lipinski definition) is 0. The summed E-state index contributed by atoms with van der Waals surface area (Å²) in [5, 5.41) is 2.43. The predicted molar refractivity (Wildman–Crippen MR) is 82.3 cm³/mol. The summed E-state index contributed by atoms with van der Waals surface area (Å²) in [6.07, 6.45) is 0. The Hall–Kier alpha value is -2.02. The molecular formula is C18H13B. The van der Waals surface area contributed by atoms with Gasteiger partial charge in [0.2, 0.25) is 0 Å². The molecule has 0 N–H and O–H groups in total. The molecule has 0 saturated carbocycles. The third-order valence-electron chi connectivity index (χ3n) is 4.27. The van der Waals surface area contributed by atoms with Crippen molar-refractivity contribution in [2.75, 3.05) is 0 Å². The molecule has 1 atom stereocenters. The van der Waals surface area contributed by atoms with Crippen LogP contribution in [0.5, 0.6) is 0 Å². The van der Waals surface area contributed by atoms with Crippen molar-refractivity contribution in [3.63, 3.8) is 0 Å². The summed E-state index contributed by atoms with van der Waals surface area (Å²) >= 11 is 0. The maximum absolute atomic E-state index is 6.23. The van der Waals surface area contributed by atoms with E-state index in [0.29, 0.717) is 5.92 Å². The number of fused-ring (bicyclic) bond motifs is 5. The van der Waals surface area contributed by atoms with Gasteiger partial charge in [0.25, 0.3) is 0 Å². The van der Waals surface area contributed by atoms with Crippen LogP contribution in [0.15, 0.2) is 54.6 Å². The lowest BCUT2D eigenvalue weighted by atomic mass is 9.84. The van der Waals surface area contributed by atoms with Gasteiger partial charge in [-0.1, -0.05) is 67.0 Å². The molecule has 0 bridgehead atoms. The van der Waals surface area contributed by atoms with Gasteiger partial charge in [-0.2, -0.15) is 0 Å². The van der Waals surface area contributed by atoms with Crippen LogP contribution in [-0.2, 0) is 0 Å². The van der Waals surface area contributed by atoms with Crippen LogP contribution in [-0.4, -0.2) is 7.85 Å². The molecule has 0 aliphatic heterocycles. The van der Waals surface area contributed by atoms with E-state index in [2.05, 4.69) is 61.5 Å². The van der Waals surface area contributed by atoms with E-state index in [1.165, 1.54) is 27.6 Å². The van der Waals surface area contributed by atoms with Gasteiger partial charge < -0.3 is 0 Å². The van der Waals surface area contributed by atoms with Gasteiger partial charge in [0, 0.05) is 5.92 Å². The van der Waals surface area contributed by atoms with Crippen LogP contribution in [0.1, 0.15) is 24.0 Å². The van der Waals surface area contributed by atoms with Gasteiger partial charge in [-0.3, -0.25) is 0 Å². The third kappa shape index (κ3) is 1.36. The van der Waals surface area contributed by atoms with Crippen LogP contribution < -0.4 is 5.46 Å². The molecule has 3 aromatic carbocycles. The second kappa shape index (κ2) is 3.74. The quantitative estimate of drug-likeness (QED) is 0.525. The monoisotopic (exact) mass is 240 g/mol. The van der Waals surface area contributed by atoms with Gasteiger partial charge in [0.05, 0.1) is 0 Å². The topological polar surface area (TPSA) is 0 Å². The lowest BCUT2D eigenvalue weighted by Gasteiger charge is -2.11. The molecule has 0 aromatic heterocycles. The molecule has 1 heteroatoms. The molecule has 1 unspecified atom stereocenters. The van der Waals surface area contributed by atoms with E-state index in [9.17, 15) is 0 Å². The van der Waals surface area contributed by atoms with E-state index in [4.69, 9.17) is 7.85 Å². The molecule has 1 aliphatic carbocycles. The van der Waals surface area contributed by atoms with Gasteiger partial charge in [-0.25, -0.2) is 0 Å². The largest absolute Gasteiger partial charge is 0.114 e. The number of rotatable bonds is 0. The molecule has 2 radical (unpaired) electrons. The van der Waals surface area contributed by atoms with E-state index in [1.54, 1.807) is 0 Å². The summed E-state index contributed by atoms with van der Waals surface area (Å²) in [5.74, 6) is 0.429. The Morgan fingerprint density at radius 3 is 2.37 bits per heavy atom. The van der Waals surface area contributed by atoms with Gasteiger partial charge in [0.15, 0.2) is 0 Å². The molecule has 0 spiro atoms. The Balaban J connectivity index is 2.21. The average molecular weight is 240 g/mol. The van der Waals surface area contributed by atoms with E-state index >= 15 is 0 Å². The number of hydrogen-bond acceptors (Lipinski definition) is 0. The Labute approximate surface area is 114 Å². The standard InChI is InChI=1S/C18H13B/c1-11-12-6-2-4-8-14(12)18-15-9-5-3-7-13(15)17(19)10-16(11)18/h2-11H,1H3. The normalized spacial score (nSPS) is 16.4. The van der Waals surface area contributed by atoms with Crippen molar-refractivity contribution < 1.29 is 0 Å². The fraction of sp³-hybridized carbons (Fsp3) is 0.111. The molecule has 88 valence electrons. The minimum Gasteiger partial charge on any atom is -0.0886 e. The van der Waals surface area contributed by atoms with Crippen molar-refractivity contribution in [3.05, 3.63) is 65.7 Å². The summed E-state index contributed by atoms with van der Waals surface area (Å²) in [4.78, 5) is 0. The van der Waals surface area contributed by atoms with Crippen LogP contribution in [0.2, 0.25) is 0 Å². The minimum absolute atomic E-state index is 0.429. The van der Waals surface area contributed by atoms with Crippen molar-refractivity contribution in [1.29, 1.82) is 0 Å². The molecule has 0 fully saturated rings. The first-order valence-electron chi connectivity index (χ1n) is 6.68. The molecular weight excluding hydrogens is 227 g/mol. The maximum Gasteiger partial charge on any atom is 0.114 e. The Kier molecular flexibility index (Phi) is 2.14. The lowest BCUT2D eigenvalue weighted by molar-refractivity contribution is 0.959. The van der Waals surface area contributed by atoms with Crippen molar-refractivity contribution >= 4 is 24.1 Å². The summed E-state index contributed by atoms with van der Waals surface area (Å²) in [5.41, 5.74) is 6.38. The molecule has 1 aliphatic rings. The highest BCUT2D eigenvalue weighted by Gasteiger charge is 2.26. The van der Waals surface area contributed by atoms with Crippen molar-refractivity contribution in [3.8, 4) is 11.1 Å². The SMILES string of the molecule is [B]c1cc2c(c3ccccc13)-c1ccccc1C2C. The molecule has 0 nitrogen and oxygen atoms in total.